The summed E-state index contributed by atoms with van der Waals surface area (Å²) in [7, 11) is 0. The molecular weight excluding hydrogens is 775 g/mol. The van der Waals surface area contributed by atoms with Crippen molar-refractivity contribution in [3.8, 4) is 17.2 Å². The summed E-state index contributed by atoms with van der Waals surface area (Å²) in [6.45, 7) is 6.57. The van der Waals surface area contributed by atoms with Crippen molar-refractivity contribution in [3.63, 3.8) is 0 Å². The van der Waals surface area contributed by atoms with Crippen LogP contribution in [0.25, 0.3) is 10.4 Å². The summed E-state index contributed by atoms with van der Waals surface area (Å²) in [5, 5.41) is 16.2. The van der Waals surface area contributed by atoms with Crippen LogP contribution in [0, 0.1) is 0 Å². The third kappa shape index (κ3) is 12.1. The van der Waals surface area contributed by atoms with Gasteiger partial charge < -0.3 is 34.1 Å². The summed E-state index contributed by atoms with van der Waals surface area (Å²) >= 11 is 0. The van der Waals surface area contributed by atoms with Crippen molar-refractivity contribution >= 4 is 23.5 Å². The minimum Gasteiger partial charge on any atom is -0.494 e. The van der Waals surface area contributed by atoms with Crippen molar-refractivity contribution in [2.24, 2.45) is 10.1 Å². The average Bonchev–Trinajstić information content (AvgIpc) is 3.66. The van der Waals surface area contributed by atoms with Crippen LogP contribution in [-0.4, -0.2) is 53.8 Å². The predicted octanol–water partition coefficient (Wildman–Crippen LogP) is 9.29. The molecule has 2 N–H and O–H groups in total. The number of hydrogen-bond acceptors (Lipinski definition) is 10. The van der Waals surface area contributed by atoms with Crippen LogP contribution in [0.4, 0.5) is 5.69 Å². The number of aliphatic hydroxyl groups is 1. The Morgan fingerprint density at radius 3 is 2.15 bits per heavy atom. The number of rotatable bonds is 20. The Morgan fingerprint density at radius 2 is 1.49 bits per heavy atom. The van der Waals surface area contributed by atoms with Gasteiger partial charge in [-0.3, -0.25) is 9.59 Å². The molecule has 13 nitrogen and oxygen atoms in total. The lowest BCUT2D eigenvalue weighted by molar-refractivity contribution is -0.155. The summed E-state index contributed by atoms with van der Waals surface area (Å²) in [4.78, 5) is 36.1. The molecule has 1 aliphatic rings. The first-order valence-electron chi connectivity index (χ1n) is 20.3. The molecule has 0 aromatic heterocycles. The van der Waals surface area contributed by atoms with Gasteiger partial charge in [-0.05, 0) is 92.2 Å². The van der Waals surface area contributed by atoms with Gasteiger partial charge in [-0.1, -0.05) is 96.1 Å². The molecule has 0 bridgehead atoms. The van der Waals surface area contributed by atoms with E-state index in [0.717, 1.165) is 16.7 Å². The summed E-state index contributed by atoms with van der Waals surface area (Å²) in [6.07, 6.45) is -0.429. The quantitative estimate of drug-likeness (QED) is 0.0257. The molecule has 1 heterocycles. The lowest BCUT2D eigenvalue weighted by Crippen LogP contribution is -2.49. The average molecular weight is 826 g/mol. The van der Waals surface area contributed by atoms with Gasteiger partial charge in [-0.15, -0.1) is 0 Å². The third-order valence-electron chi connectivity index (χ3n) is 9.71. The van der Waals surface area contributed by atoms with Gasteiger partial charge in [-0.25, -0.2) is 4.99 Å². The fraction of sp³-hybridized carbons (Fsp3) is 0.312. The minimum atomic E-state index is -1.69. The second kappa shape index (κ2) is 20.9. The summed E-state index contributed by atoms with van der Waals surface area (Å²) in [5.74, 6) is 0.902. The van der Waals surface area contributed by atoms with E-state index in [1.54, 1.807) is 69.3 Å². The zero-order chi connectivity index (χ0) is 43.1. The molecule has 13 heteroatoms. The largest absolute Gasteiger partial charge is 0.494 e. The number of hydrogen-bond donors (Lipinski definition) is 2. The van der Waals surface area contributed by atoms with Crippen LogP contribution in [0.3, 0.4) is 0 Å². The molecule has 5 aromatic carbocycles. The third-order valence-corrected chi connectivity index (χ3v) is 9.71. The molecule has 0 radical (unpaired) electrons. The van der Waals surface area contributed by atoms with E-state index in [4.69, 9.17) is 33.8 Å². The maximum absolute atomic E-state index is 14.8. The Balaban J connectivity index is 1.29. The van der Waals surface area contributed by atoms with Crippen molar-refractivity contribution in [2.75, 3.05) is 19.8 Å². The van der Waals surface area contributed by atoms with E-state index in [9.17, 15) is 15.1 Å². The van der Waals surface area contributed by atoms with E-state index in [-0.39, 0.29) is 37.6 Å². The molecule has 1 aliphatic heterocycles. The lowest BCUT2D eigenvalue weighted by atomic mass is 9.82. The molecule has 0 aliphatic carbocycles. The number of nitrogens with one attached hydrogen (secondary N) is 1. The van der Waals surface area contributed by atoms with Crippen molar-refractivity contribution in [1.82, 2.24) is 5.32 Å². The van der Waals surface area contributed by atoms with Crippen LogP contribution in [0.2, 0.25) is 0 Å². The zero-order valence-electron chi connectivity index (χ0n) is 34.7. The first-order valence-corrected chi connectivity index (χ1v) is 20.3. The summed E-state index contributed by atoms with van der Waals surface area (Å²) in [5.41, 5.74) is 11.2. The molecule has 0 fully saturated rings. The van der Waals surface area contributed by atoms with Gasteiger partial charge in [0.25, 0.3) is 5.91 Å². The van der Waals surface area contributed by atoms with Crippen molar-refractivity contribution < 1.29 is 38.4 Å². The maximum atomic E-state index is 14.8. The molecule has 1 amide bonds. The van der Waals surface area contributed by atoms with E-state index in [1.165, 1.54) is 0 Å². The molecule has 0 saturated carbocycles. The van der Waals surface area contributed by atoms with Gasteiger partial charge in [0.1, 0.15) is 24.6 Å². The van der Waals surface area contributed by atoms with Crippen LogP contribution >= 0.6 is 0 Å². The first-order chi connectivity index (χ1) is 29.6. The lowest BCUT2D eigenvalue weighted by Gasteiger charge is -2.31. The van der Waals surface area contributed by atoms with Gasteiger partial charge in [0.2, 0.25) is 5.90 Å². The highest BCUT2D eigenvalue weighted by atomic mass is 16.6. The summed E-state index contributed by atoms with van der Waals surface area (Å²) in [6, 6.07) is 39.3. The monoisotopic (exact) mass is 825 g/mol. The Kier molecular flexibility index (Phi) is 15.0. The molecule has 0 spiro atoms. The highest BCUT2D eigenvalue weighted by Gasteiger charge is 2.53. The number of ether oxygens (including phenoxy) is 5. The number of esters is 1. The smallest absolute Gasteiger partial charge is 0.306 e. The van der Waals surface area contributed by atoms with Crippen molar-refractivity contribution in [2.45, 2.75) is 76.9 Å². The van der Waals surface area contributed by atoms with Crippen molar-refractivity contribution in [1.29, 1.82) is 0 Å². The van der Waals surface area contributed by atoms with E-state index in [0.29, 0.717) is 61.0 Å². The molecule has 316 valence electrons. The van der Waals surface area contributed by atoms with Crippen molar-refractivity contribution in [3.05, 3.63) is 166 Å². The van der Waals surface area contributed by atoms with Gasteiger partial charge in [0.15, 0.2) is 23.1 Å². The number of amides is 1. The Bertz CT molecular complexity index is 2310. The Morgan fingerprint density at radius 1 is 0.836 bits per heavy atom. The van der Waals surface area contributed by atoms with Crippen LogP contribution in [0.5, 0.6) is 17.2 Å². The first kappa shape index (κ1) is 43.8. The van der Waals surface area contributed by atoms with E-state index >= 15 is 0 Å². The molecule has 0 unspecified atom stereocenters. The minimum absolute atomic E-state index is 0.00944. The molecule has 5 aromatic rings. The highest BCUT2D eigenvalue weighted by Crippen LogP contribution is 2.46. The molecule has 61 heavy (non-hydrogen) atoms. The number of aliphatic hydroxyl groups excluding tert-OH is 1. The highest BCUT2D eigenvalue weighted by molar-refractivity contribution is 6.01. The SMILES string of the molecule is CC(C)(C)OC(=O)CC[C@@]1(C(=O)NCCc2ccc(OCc3ccccc3)c(OCc3ccccc3)c2)N=C(c2ccc(OCCCO)cc2)O[C@@H]1c1ccccc1N=[N+]=[N-]. The number of aliphatic imine (C=N–C) groups is 1. The number of nitrogens with zero attached hydrogens (tertiary/aromatic N) is 4. The zero-order valence-corrected chi connectivity index (χ0v) is 34.7. The molecular formula is C48H51N5O8. The van der Waals surface area contributed by atoms with Gasteiger partial charge in [0.05, 0.1) is 6.61 Å². The fourth-order valence-corrected chi connectivity index (χ4v) is 6.77. The van der Waals surface area contributed by atoms with E-state index < -0.39 is 29.1 Å². The maximum Gasteiger partial charge on any atom is 0.306 e. The van der Waals surface area contributed by atoms with Gasteiger partial charge >= 0.3 is 5.97 Å². The van der Waals surface area contributed by atoms with Crippen LogP contribution in [-0.2, 0) is 38.7 Å². The predicted molar refractivity (Wildman–Crippen MR) is 232 cm³/mol. The van der Waals surface area contributed by atoms with Crippen LogP contribution in [0.15, 0.2) is 138 Å². The fourth-order valence-electron chi connectivity index (χ4n) is 6.77. The van der Waals surface area contributed by atoms with Gasteiger partial charge in [-0.2, -0.15) is 0 Å². The summed E-state index contributed by atoms with van der Waals surface area (Å²) < 4.78 is 30.5. The Hall–Kier alpha value is -6.82. The molecule has 0 saturated heterocycles. The van der Waals surface area contributed by atoms with Crippen LogP contribution < -0.4 is 19.5 Å². The molecule has 6 rings (SSSR count). The number of carbonyl (C=O) groups is 2. The van der Waals surface area contributed by atoms with Crippen LogP contribution in [0.1, 0.15) is 74.0 Å². The topological polar surface area (TPSA) is 174 Å². The number of benzene rings is 5. The Labute approximate surface area is 355 Å². The second-order valence-electron chi connectivity index (χ2n) is 15.5. The normalized spacial score (nSPS) is 15.7. The standard InChI is InChI=1S/C48H51N5O8/c1-47(2,3)61-43(55)25-27-48(44(39-17-10-11-18-40(39)52-53-49)60-45(51-48)37-20-22-38(23-21-37)57-30-12-29-54)46(56)50-28-26-34-19-24-41(58-32-35-13-6-4-7-14-35)42(31-34)59-33-36-15-8-5-9-16-36/h4-11,13-24,31,44,54H,12,25-30,32-33H2,1-3H3,(H,50,56)/t44-,48-/m1/s1. The molecule has 2 atom stereocenters. The van der Waals surface area contributed by atoms with E-state index in [2.05, 4.69) is 15.3 Å². The second-order valence-corrected chi connectivity index (χ2v) is 15.5. The van der Waals surface area contributed by atoms with Gasteiger partial charge in [0, 0.05) is 47.7 Å². The van der Waals surface area contributed by atoms with E-state index in [1.807, 2.05) is 78.9 Å². The number of azide groups is 1. The number of carbonyl (C=O) groups excluding carboxylic acids is 2.